The normalized spacial score (nSPS) is 19.4. The summed E-state index contributed by atoms with van der Waals surface area (Å²) in [6.07, 6.45) is 6.48. The first-order valence-corrected chi connectivity index (χ1v) is 7.18. The Morgan fingerprint density at radius 2 is 2.15 bits per heavy atom. The summed E-state index contributed by atoms with van der Waals surface area (Å²) in [6.45, 7) is 5.73. The van der Waals surface area contributed by atoms with Crippen molar-refractivity contribution in [2.24, 2.45) is 5.73 Å². The van der Waals surface area contributed by atoms with Crippen molar-refractivity contribution in [3.8, 4) is 0 Å². The number of aromatic nitrogens is 2. The molecule has 20 heavy (non-hydrogen) atoms. The number of nitrogens with two attached hydrogens (primary N) is 1. The molecule has 0 radical (unpaired) electrons. The van der Waals surface area contributed by atoms with Crippen molar-refractivity contribution < 1.29 is 4.79 Å². The van der Waals surface area contributed by atoms with Gasteiger partial charge >= 0.3 is 0 Å². The van der Waals surface area contributed by atoms with E-state index in [-0.39, 0.29) is 11.9 Å². The lowest BCUT2D eigenvalue weighted by molar-refractivity contribution is -0.119. The molecule has 0 spiro atoms. The molecule has 0 bridgehead atoms. The molecule has 0 aliphatic carbocycles. The van der Waals surface area contributed by atoms with Crippen molar-refractivity contribution >= 4 is 11.9 Å². The highest BCUT2D eigenvalue weighted by molar-refractivity contribution is 5.83. The van der Waals surface area contributed by atoms with Crippen molar-refractivity contribution in [2.45, 2.75) is 51.7 Å². The van der Waals surface area contributed by atoms with Gasteiger partial charge in [-0.25, -0.2) is 9.97 Å². The SMILES string of the molecule is CC(C)NCc1cnc(N2CCCCC2C(N)=O)nc1. The van der Waals surface area contributed by atoms with Crippen molar-refractivity contribution in [1.29, 1.82) is 0 Å². The van der Waals surface area contributed by atoms with Crippen molar-refractivity contribution in [1.82, 2.24) is 15.3 Å². The van der Waals surface area contributed by atoms with Gasteiger partial charge < -0.3 is 16.0 Å². The molecule has 1 saturated heterocycles. The number of carbonyl (C=O) groups excluding carboxylic acids is 1. The Bertz CT molecular complexity index is 445. The molecule has 110 valence electrons. The molecule has 1 unspecified atom stereocenters. The van der Waals surface area contributed by atoms with E-state index in [1.807, 2.05) is 17.3 Å². The Morgan fingerprint density at radius 3 is 2.75 bits per heavy atom. The van der Waals surface area contributed by atoms with E-state index in [2.05, 4.69) is 29.1 Å². The van der Waals surface area contributed by atoms with Gasteiger partial charge in [0.25, 0.3) is 0 Å². The van der Waals surface area contributed by atoms with Gasteiger partial charge in [-0.2, -0.15) is 0 Å². The summed E-state index contributed by atoms with van der Waals surface area (Å²) in [6, 6.07) is 0.152. The fourth-order valence-corrected chi connectivity index (χ4v) is 2.38. The van der Waals surface area contributed by atoms with Crippen molar-refractivity contribution in [2.75, 3.05) is 11.4 Å². The molecule has 1 aliphatic rings. The maximum atomic E-state index is 11.5. The highest BCUT2D eigenvalue weighted by atomic mass is 16.1. The Kier molecular flexibility index (Phi) is 4.89. The van der Waals surface area contributed by atoms with E-state index < -0.39 is 0 Å². The lowest BCUT2D eigenvalue weighted by Gasteiger charge is -2.33. The van der Waals surface area contributed by atoms with Gasteiger partial charge in [0.05, 0.1) is 0 Å². The summed E-state index contributed by atoms with van der Waals surface area (Å²) in [5.74, 6) is 0.306. The Morgan fingerprint density at radius 1 is 1.45 bits per heavy atom. The van der Waals surface area contributed by atoms with E-state index in [0.717, 1.165) is 37.9 Å². The second-order valence-electron chi connectivity index (χ2n) is 5.53. The average Bonchev–Trinajstić information content (AvgIpc) is 2.45. The number of hydrogen-bond acceptors (Lipinski definition) is 5. The van der Waals surface area contributed by atoms with Crippen molar-refractivity contribution in [3.05, 3.63) is 18.0 Å². The van der Waals surface area contributed by atoms with Crippen LogP contribution in [0.1, 0.15) is 38.7 Å². The van der Waals surface area contributed by atoms with Gasteiger partial charge in [0.1, 0.15) is 6.04 Å². The lowest BCUT2D eigenvalue weighted by Crippen LogP contribution is -2.48. The second kappa shape index (κ2) is 6.65. The molecule has 1 amide bonds. The number of nitrogens with one attached hydrogen (secondary N) is 1. The summed E-state index contributed by atoms with van der Waals surface area (Å²) in [4.78, 5) is 22.2. The van der Waals surface area contributed by atoms with Crippen LogP contribution in [0, 0.1) is 0 Å². The van der Waals surface area contributed by atoms with Crippen LogP contribution in [-0.2, 0) is 11.3 Å². The molecule has 1 aromatic rings. The lowest BCUT2D eigenvalue weighted by atomic mass is 10.0. The molecule has 6 nitrogen and oxygen atoms in total. The summed E-state index contributed by atoms with van der Waals surface area (Å²) in [5.41, 5.74) is 6.50. The standard InChI is InChI=1S/C14H23N5O/c1-10(2)16-7-11-8-17-14(18-9-11)19-6-4-3-5-12(19)13(15)20/h8-10,12,16H,3-7H2,1-2H3,(H2,15,20). The molecule has 3 N–H and O–H groups in total. The zero-order valence-corrected chi connectivity index (χ0v) is 12.2. The van der Waals surface area contributed by atoms with Crippen LogP contribution < -0.4 is 16.0 Å². The topological polar surface area (TPSA) is 84.1 Å². The van der Waals surface area contributed by atoms with E-state index in [0.29, 0.717) is 12.0 Å². The van der Waals surface area contributed by atoms with E-state index in [9.17, 15) is 4.79 Å². The minimum absolute atomic E-state index is 0.275. The van der Waals surface area contributed by atoms with Gasteiger partial charge in [0.2, 0.25) is 11.9 Å². The van der Waals surface area contributed by atoms with Crippen LogP contribution in [0.25, 0.3) is 0 Å². The molecule has 1 atom stereocenters. The second-order valence-corrected chi connectivity index (χ2v) is 5.53. The number of piperidine rings is 1. The third-order valence-corrected chi connectivity index (χ3v) is 3.49. The highest BCUT2D eigenvalue weighted by Crippen LogP contribution is 2.21. The summed E-state index contributed by atoms with van der Waals surface area (Å²) < 4.78 is 0. The van der Waals surface area contributed by atoms with Gasteiger partial charge in [-0.05, 0) is 19.3 Å². The number of nitrogens with zero attached hydrogens (tertiary/aromatic N) is 3. The molecule has 2 rings (SSSR count). The van der Waals surface area contributed by atoms with E-state index in [1.165, 1.54) is 0 Å². The minimum Gasteiger partial charge on any atom is -0.368 e. The van der Waals surface area contributed by atoms with Crippen LogP contribution in [0.5, 0.6) is 0 Å². The smallest absolute Gasteiger partial charge is 0.240 e. The van der Waals surface area contributed by atoms with Gasteiger partial charge in [-0.1, -0.05) is 13.8 Å². The molecule has 0 aromatic carbocycles. The first kappa shape index (κ1) is 14.7. The first-order chi connectivity index (χ1) is 9.58. The fraction of sp³-hybridized carbons (Fsp3) is 0.643. The van der Waals surface area contributed by atoms with Gasteiger partial charge in [-0.3, -0.25) is 4.79 Å². The van der Waals surface area contributed by atoms with E-state index >= 15 is 0 Å². The number of hydrogen-bond donors (Lipinski definition) is 2. The van der Waals surface area contributed by atoms with Crippen LogP contribution in [0.15, 0.2) is 12.4 Å². The van der Waals surface area contributed by atoms with Gasteiger partial charge in [0.15, 0.2) is 0 Å². The number of anilines is 1. The summed E-state index contributed by atoms with van der Waals surface area (Å²) >= 11 is 0. The molecule has 1 fully saturated rings. The van der Waals surface area contributed by atoms with Crippen LogP contribution in [0.4, 0.5) is 5.95 Å². The van der Waals surface area contributed by atoms with E-state index in [4.69, 9.17) is 5.73 Å². The van der Waals surface area contributed by atoms with Crippen LogP contribution in [0.2, 0.25) is 0 Å². The van der Waals surface area contributed by atoms with Crippen LogP contribution in [-0.4, -0.2) is 34.5 Å². The van der Waals surface area contributed by atoms with Crippen molar-refractivity contribution in [3.63, 3.8) is 0 Å². The number of amides is 1. The number of rotatable bonds is 5. The fourth-order valence-electron chi connectivity index (χ4n) is 2.38. The zero-order chi connectivity index (χ0) is 14.5. The zero-order valence-electron chi connectivity index (χ0n) is 12.2. The van der Waals surface area contributed by atoms with Crippen LogP contribution in [0.3, 0.4) is 0 Å². The van der Waals surface area contributed by atoms with Crippen LogP contribution >= 0.6 is 0 Å². The third kappa shape index (κ3) is 3.66. The number of primary amides is 1. The molecular formula is C14H23N5O. The molecular weight excluding hydrogens is 254 g/mol. The quantitative estimate of drug-likeness (QED) is 0.832. The Hall–Kier alpha value is -1.69. The predicted molar refractivity (Wildman–Crippen MR) is 78.2 cm³/mol. The largest absolute Gasteiger partial charge is 0.368 e. The molecule has 6 heteroatoms. The molecule has 0 saturated carbocycles. The minimum atomic E-state index is -0.293. The number of carbonyl (C=O) groups is 1. The van der Waals surface area contributed by atoms with Gasteiger partial charge in [0, 0.05) is 37.1 Å². The Balaban J connectivity index is 2.06. The third-order valence-electron chi connectivity index (χ3n) is 3.49. The maximum absolute atomic E-state index is 11.5. The average molecular weight is 277 g/mol. The first-order valence-electron chi connectivity index (χ1n) is 7.18. The molecule has 1 aliphatic heterocycles. The summed E-state index contributed by atoms with van der Waals surface area (Å²) in [5, 5.41) is 3.32. The summed E-state index contributed by atoms with van der Waals surface area (Å²) in [7, 11) is 0. The maximum Gasteiger partial charge on any atom is 0.240 e. The Labute approximate surface area is 119 Å². The predicted octanol–water partition coefficient (Wildman–Crippen LogP) is 0.819. The monoisotopic (exact) mass is 277 g/mol. The van der Waals surface area contributed by atoms with E-state index in [1.54, 1.807) is 0 Å². The van der Waals surface area contributed by atoms with Gasteiger partial charge in [-0.15, -0.1) is 0 Å². The highest BCUT2D eigenvalue weighted by Gasteiger charge is 2.28. The molecule has 1 aromatic heterocycles. The molecule has 2 heterocycles.